The molecule has 9 aromatic rings. The van der Waals surface area contributed by atoms with Gasteiger partial charge in [-0.3, -0.25) is 0 Å². The van der Waals surface area contributed by atoms with Gasteiger partial charge in [0.05, 0.1) is 0 Å². The molecule has 0 aliphatic heterocycles. The van der Waals surface area contributed by atoms with Crippen LogP contribution < -0.4 is 0 Å². The summed E-state index contributed by atoms with van der Waals surface area (Å²) in [6.07, 6.45) is 10.2. The van der Waals surface area contributed by atoms with E-state index in [0.717, 1.165) is 6.42 Å². The molecular formula is C57H44. The molecule has 0 bridgehead atoms. The molecule has 1 aliphatic rings. The molecule has 0 nitrogen and oxygen atoms in total. The molecular weight excluding hydrogens is 685 g/mol. The van der Waals surface area contributed by atoms with Crippen molar-refractivity contribution >= 4 is 32.3 Å². The predicted molar refractivity (Wildman–Crippen MR) is 245 cm³/mol. The van der Waals surface area contributed by atoms with Crippen molar-refractivity contribution < 1.29 is 0 Å². The summed E-state index contributed by atoms with van der Waals surface area (Å²) in [5.74, 6) is 0.234. The highest BCUT2D eigenvalue weighted by Crippen LogP contribution is 2.56. The van der Waals surface area contributed by atoms with E-state index in [1.165, 1.54) is 93.5 Å². The Kier molecular flexibility index (Phi) is 8.76. The van der Waals surface area contributed by atoms with Gasteiger partial charge in [0.2, 0.25) is 0 Å². The zero-order chi connectivity index (χ0) is 38.3. The van der Waals surface area contributed by atoms with Crippen LogP contribution in [0.1, 0.15) is 30.5 Å². The summed E-state index contributed by atoms with van der Waals surface area (Å²) in [6, 6.07) is 69.6. The minimum atomic E-state index is -0.342. The van der Waals surface area contributed by atoms with Crippen molar-refractivity contribution in [1.29, 1.82) is 0 Å². The quantitative estimate of drug-likeness (QED) is 0.143. The molecule has 2 atom stereocenters. The van der Waals surface area contributed by atoms with E-state index >= 15 is 0 Å². The van der Waals surface area contributed by atoms with Crippen molar-refractivity contribution in [2.75, 3.05) is 0 Å². The summed E-state index contributed by atoms with van der Waals surface area (Å²) < 4.78 is 0. The van der Waals surface area contributed by atoms with Gasteiger partial charge in [0.25, 0.3) is 0 Å². The first kappa shape index (κ1) is 34.7. The Hall–Kier alpha value is -6.76. The van der Waals surface area contributed by atoms with Crippen LogP contribution in [0.15, 0.2) is 212 Å². The third kappa shape index (κ3) is 5.92. The number of fused-ring (bicyclic) bond motifs is 3. The molecule has 0 aromatic heterocycles. The maximum absolute atomic E-state index is 2.50. The Balaban J connectivity index is 1.53. The first-order chi connectivity index (χ1) is 28.1. The van der Waals surface area contributed by atoms with Crippen LogP contribution in [0, 0.1) is 5.92 Å². The average molecular weight is 729 g/mol. The third-order valence-corrected chi connectivity index (χ3v) is 12.5. The third-order valence-electron chi connectivity index (χ3n) is 12.5. The van der Waals surface area contributed by atoms with Crippen LogP contribution in [-0.2, 0) is 11.8 Å². The normalized spacial score (nSPS) is 16.4. The van der Waals surface area contributed by atoms with Crippen molar-refractivity contribution in [2.45, 2.75) is 25.7 Å². The van der Waals surface area contributed by atoms with Crippen molar-refractivity contribution in [2.24, 2.45) is 5.92 Å². The van der Waals surface area contributed by atoms with Gasteiger partial charge in [-0.2, -0.15) is 0 Å². The van der Waals surface area contributed by atoms with E-state index in [1.54, 1.807) is 0 Å². The molecule has 0 heteroatoms. The molecule has 0 fully saturated rings. The molecule has 9 aromatic carbocycles. The number of allylic oxidation sites excluding steroid dienone is 4. The maximum atomic E-state index is 2.50. The Morgan fingerprint density at radius 3 is 1.77 bits per heavy atom. The minimum Gasteiger partial charge on any atom is -0.0805 e. The highest BCUT2D eigenvalue weighted by atomic mass is 14.4. The SMILES string of the molecule is CC1C=CC=CC1(C)c1c(-c2ccccc2-c2ccccc2)c(-c2cccc3ccccc23)c2cc3ccccc3c(-c3ccccc3)c2c1Cc1ccccc1. The molecule has 0 amide bonds. The number of rotatable bonds is 7. The van der Waals surface area contributed by atoms with E-state index in [0.29, 0.717) is 0 Å². The van der Waals surface area contributed by atoms with Crippen LogP contribution in [0.2, 0.25) is 0 Å². The summed E-state index contributed by atoms with van der Waals surface area (Å²) >= 11 is 0. The Labute approximate surface area is 336 Å². The lowest BCUT2D eigenvalue weighted by Crippen LogP contribution is -2.31. The van der Waals surface area contributed by atoms with Gasteiger partial charge in [0, 0.05) is 5.41 Å². The van der Waals surface area contributed by atoms with Crippen LogP contribution in [0.3, 0.4) is 0 Å². The van der Waals surface area contributed by atoms with Gasteiger partial charge in [0.15, 0.2) is 0 Å². The molecule has 0 saturated heterocycles. The minimum absolute atomic E-state index is 0.234. The highest BCUT2D eigenvalue weighted by molar-refractivity contribution is 6.22. The standard InChI is InChI=1S/C57H44/c1-39-21-18-19-36-57(39,2)56-51(37-40-22-6-3-7-23-40)54-50(38-44-29-13-15-33-47(44)52(54)43-27-10-5-11-28-43)53(48-35-20-30-42-26-12-14-31-45(42)48)55(56)49-34-17-16-32-46(49)41-24-8-4-9-25-41/h3-36,38-39H,37H2,1-2H3. The summed E-state index contributed by atoms with van der Waals surface area (Å²) in [5.41, 5.74) is 13.8. The van der Waals surface area contributed by atoms with Gasteiger partial charge in [0.1, 0.15) is 0 Å². The van der Waals surface area contributed by atoms with Crippen LogP contribution in [-0.4, -0.2) is 0 Å². The molecule has 10 rings (SSSR count). The molecule has 272 valence electrons. The lowest BCUT2D eigenvalue weighted by Gasteiger charge is -2.40. The van der Waals surface area contributed by atoms with Crippen molar-refractivity contribution in [3.8, 4) is 44.5 Å². The van der Waals surface area contributed by atoms with Crippen LogP contribution >= 0.6 is 0 Å². The molecule has 0 saturated carbocycles. The Morgan fingerprint density at radius 1 is 0.456 bits per heavy atom. The highest BCUT2D eigenvalue weighted by Gasteiger charge is 2.39. The number of hydrogen-bond acceptors (Lipinski definition) is 0. The Bertz CT molecular complexity index is 2980. The second-order valence-electron chi connectivity index (χ2n) is 15.8. The lowest BCUT2D eigenvalue weighted by atomic mass is 9.63. The fourth-order valence-corrected chi connectivity index (χ4v) is 9.58. The first-order valence-electron chi connectivity index (χ1n) is 20.2. The molecule has 57 heavy (non-hydrogen) atoms. The van der Waals surface area contributed by atoms with E-state index in [9.17, 15) is 0 Å². The first-order valence-corrected chi connectivity index (χ1v) is 20.2. The summed E-state index contributed by atoms with van der Waals surface area (Å²) in [7, 11) is 0. The van der Waals surface area contributed by atoms with E-state index in [2.05, 4.69) is 226 Å². The molecule has 1 aliphatic carbocycles. The van der Waals surface area contributed by atoms with Crippen LogP contribution in [0.5, 0.6) is 0 Å². The fourth-order valence-electron chi connectivity index (χ4n) is 9.58. The van der Waals surface area contributed by atoms with Crippen LogP contribution in [0.25, 0.3) is 76.8 Å². The maximum Gasteiger partial charge on any atom is 0.0176 e. The second kappa shape index (κ2) is 14.4. The van der Waals surface area contributed by atoms with Crippen molar-refractivity contribution in [3.63, 3.8) is 0 Å². The molecule has 0 radical (unpaired) electrons. The molecule has 0 heterocycles. The van der Waals surface area contributed by atoms with Crippen molar-refractivity contribution in [1.82, 2.24) is 0 Å². The fraction of sp³-hybridized carbons (Fsp3) is 0.0877. The summed E-state index contributed by atoms with van der Waals surface area (Å²) in [5, 5.41) is 7.63. The molecule has 0 N–H and O–H groups in total. The van der Waals surface area contributed by atoms with E-state index in [4.69, 9.17) is 0 Å². The smallest absolute Gasteiger partial charge is 0.0176 e. The van der Waals surface area contributed by atoms with Gasteiger partial charge < -0.3 is 0 Å². The van der Waals surface area contributed by atoms with E-state index < -0.39 is 0 Å². The largest absolute Gasteiger partial charge is 0.0805 e. The molecule has 2 unspecified atom stereocenters. The van der Waals surface area contributed by atoms with Gasteiger partial charge in [-0.25, -0.2) is 0 Å². The van der Waals surface area contributed by atoms with E-state index in [1.807, 2.05) is 0 Å². The molecule has 0 spiro atoms. The van der Waals surface area contributed by atoms with Gasteiger partial charge in [-0.1, -0.05) is 220 Å². The zero-order valence-corrected chi connectivity index (χ0v) is 32.5. The monoisotopic (exact) mass is 728 g/mol. The summed E-state index contributed by atoms with van der Waals surface area (Å²) in [4.78, 5) is 0. The lowest BCUT2D eigenvalue weighted by molar-refractivity contribution is 0.456. The van der Waals surface area contributed by atoms with Gasteiger partial charge in [-0.05, 0) is 112 Å². The summed E-state index contributed by atoms with van der Waals surface area (Å²) in [6.45, 7) is 4.89. The zero-order valence-electron chi connectivity index (χ0n) is 32.5. The van der Waals surface area contributed by atoms with Crippen LogP contribution in [0.4, 0.5) is 0 Å². The van der Waals surface area contributed by atoms with E-state index in [-0.39, 0.29) is 11.3 Å². The van der Waals surface area contributed by atoms with Crippen molar-refractivity contribution in [3.05, 3.63) is 229 Å². The average Bonchev–Trinajstić information content (AvgIpc) is 3.27. The predicted octanol–water partition coefficient (Wildman–Crippen LogP) is 15.4. The number of benzene rings is 9. The second-order valence-corrected chi connectivity index (χ2v) is 15.8. The topological polar surface area (TPSA) is 0 Å². The Morgan fingerprint density at radius 2 is 1.04 bits per heavy atom. The number of hydrogen-bond donors (Lipinski definition) is 0. The van der Waals surface area contributed by atoms with Gasteiger partial charge >= 0.3 is 0 Å². The van der Waals surface area contributed by atoms with Gasteiger partial charge in [-0.15, -0.1) is 0 Å².